The molecule has 0 amide bonds. The molecule has 0 fully saturated rings. The van der Waals surface area contributed by atoms with Crippen molar-refractivity contribution in [3.05, 3.63) is 29.8 Å². The second-order valence-corrected chi connectivity index (χ2v) is 2.52. The number of nitrogens with zero attached hydrogens (tertiary/aromatic N) is 1. The minimum Gasteiger partial charge on any atom is -0.396 e. The highest BCUT2D eigenvalue weighted by Crippen LogP contribution is 2.31. The molecule has 0 spiro atoms. The molecule has 0 aromatic carbocycles. The van der Waals surface area contributed by atoms with Crippen molar-refractivity contribution < 1.29 is 18.3 Å². The highest BCUT2D eigenvalue weighted by Gasteiger charge is 2.34. The molecule has 0 saturated heterocycles. The number of aliphatic hydroxyl groups is 1. The summed E-state index contributed by atoms with van der Waals surface area (Å²) in [5.41, 5.74) is -0.774. The Morgan fingerprint density at radius 2 is 2.15 bits per heavy atom. The number of pyridine rings is 1. The van der Waals surface area contributed by atoms with Gasteiger partial charge < -0.3 is 5.11 Å². The van der Waals surface area contributed by atoms with Gasteiger partial charge >= 0.3 is 0 Å². The zero-order valence-corrected chi connectivity index (χ0v) is 6.67. The van der Waals surface area contributed by atoms with Gasteiger partial charge in [-0.3, -0.25) is 0 Å². The molecule has 1 rings (SSSR count). The highest BCUT2D eigenvalue weighted by molar-refractivity contribution is 5.16. The lowest BCUT2D eigenvalue weighted by Gasteiger charge is -2.14. The van der Waals surface area contributed by atoms with Crippen molar-refractivity contribution in [2.75, 3.05) is 6.61 Å². The van der Waals surface area contributed by atoms with Crippen LogP contribution in [-0.4, -0.2) is 16.7 Å². The maximum atomic E-state index is 13.0. The molecular weight excluding hydrogens is 183 g/mol. The van der Waals surface area contributed by atoms with E-state index in [1.54, 1.807) is 0 Å². The van der Waals surface area contributed by atoms with Gasteiger partial charge in [0.05, 0.1) is 5.56 Å². The number of aromatic nitrogens is 1. The predicted octanol–water partition coefficient (Wildman–Crippen LogP) is 1.69. The molecule has 0 aliphatic rings. The van der Waals surface area contributed by atoms with Crippen LogP contribution in [0.5, 0.6) is 0 Å². The highest BCUT2D eigenvalue weighted by atomic mass is 19.3. The van der Waals surface area contributed by atoms with Crippen molar-refractivity contribution in [2.45, 2.75) is 12.3 Å². The van der Waals surface area contributed by atoms with Gasteiger partial charge in [0.15, 0.2) is 0 Å². The van der Waals surface area contributed by atoms with Gasteiger partial charge in [-0.1, -0.05) is 0 Å². The second-order valence-electron chi connectivity index (χ2n) is 2.52. The average Bonchev–Trinajstić information content (AvgIpc) is 2.04. The second kappa shape index (κ2) is 3.74. The molecule has 0 aliphatic carbocycles. The first-order valence-corrected chi connectivity index (χ1v) is 3.67. The van der Waals surface area contributed by atoms with E-state index < -0.39 is 30.5 Å². The molecule has 2 nitrogen and oxygen atoms in total. The van der Waals surface area contributed by atoms with Gasteiger partial charge in [-0.15, -0.1) is 0 Å². The summed E-state index contributed by atoms with van der Waals surface area (Å²) in [6.07, 6.45) is 0.295. The van der Waals surface area contributed by atoms with E-state index in [2.05, 4.69) is 4.98 Å². The first kappa shape index (κ1) is 9.98. The number of rotatable bonds is 3. The number of halogens is 3. The van der Waals surface area contributed by atoms with Crippen LogP contribution in [0.4, 0.5) is 13.2 Å². The Morgan fingerprint density at radius 1 is 1.46 bits per heavy atom. The van der Waals surface area contributed by atoms with Crippen molar-refractivity contribution in [1.29, 1.82) is 0 Å². The molecule has 72 valence electrons. The molecule has 1 N–H and O–H groups in total. The van der Waals surface area contributed by atoms with Gasteiger partial charge in [0.1, 0.15) is 0 Å². The average molecular weight is 191 g/mol. The van der Waals surface area contributed by atoms with Crippen molar-refractivity contribution in [2.24, 2.45) is 0 Å². The standard InChI is InChI=1S/C8H8F3NO/c9-7-6(2-1-4-12-7)8(10,11)3-5-13/h1-2,4,13H,3,5H2. The van der Waals surface area contributed by atoms with Gasteiger partial charge in [-0.25, -0.2) is 13.8 Å². The number of hydrogen-bond acceptors (Lipinski definition) is 2. The fourth-order valence-electron chi connectivity index (χ4n) is 0.934. The van der Waals surface area contributed by atoms with Crippen molar-refractivity contribution >= 4 is 0 Å². The molecule has 0 unspecified atom stereocenters. The maximum absolute atomic E-state index is 13.0. The quantitative estimate of drug-likeness (QED) is 0.737. The number of hydrogen-bond donors (Lipinski definition) is 1. The molecule has 0 atom stereocenters. The van der Waals surface area contributed by atoms with Crippen LogP contribution in [0.2, 0.25) is 0 Å². The third kappa shape index (κ3) is 2.18. The largest absolute Gasteiger partial charge is 0.396 e. The predicted molar refractivity (Wildman–Crippen MR) is 39.8 cm³/mol. The van der Waals surface area contributed by atoms with E-state index in [0.717, 1.165) is 12.3 Å². The van der Waals surface area contributed by atoms with E-state index in [-0.39, 0.29) is 0 Å². The molecule has 0 bridgehead atoms. The summed E-state index contributed by atoms with van der Waals surface area (Å²) < 4.78 is 38.7. The fourth-order valence-corrected chi connectivity index (χ4v) is 0.934. The fraction of sp³-hybridized carbons (Fsp3) is 0.375. The van der Waals surface area contributed by atoms with Crippen LogP contribution in [0.3, 0.4) is 0 Å². The molecule has 13 heavy (non-hydrogen) atoms. The van der Waals surface area contributed by atoms with E-state index >= 15 is 0 Å². The zero-order valence-electron chi connectivity index (χ0n) is 6.67. The summed E-state index contributed by atoms with van der Waals surface area (Å²) in [5, 5.41) is 8.33. The Balaban J connectivity index is 2.99. The van der Waals surface area contributed by atoms with E-state index in [1.165, 1.54) is 6.07 Å². The SMILES string of the molecule is OCCC(F)(F)c1cccnc1F. The molecule has 1 heterocycles. The van der Waals surface area contributed by atoms with Gasteiger partial charge in [0.2, 0.25) is 5.95 Å². The van der Waals surface area contributed by atoms with E-state index in [0.29, 0.717) is 0 Å². The normalized spacial score (nSPS) is 11.7. The van der Waals surface area contributed by atoms with Crippen LogP contribution in [0, 0.1) is 5.95 Å². The summed E-state index contributed by atoms with van der Waals surface area (Å²) in [4.78, 5) is 3.10. The monoisotopic (exact) mass is 191 g/mol. The molecule has 0 radical (unpaired) electrons. The van der Waals surface area contributed by atoms with Gasteiger partial charge in [-0.05, 0) is 12.1 Å². The molecule has 1 aromatic heterocycles. The van der Waals surface area contributed by atoms with Crippen LogP contribution in [0.15, 0.2) is 18.3 Å². The first-order chi connectivity index (χ1) is 6.08. The van der Waals surface area contributed by atoms with Gasteiger partial charge in [0.25, 0.3) is 5.92 Å². The Hall–Kier alpha value is -1.10. The zero-order chi connectivity index (χ0) is 9.90. The summed E-state index contributed by atoms with van der Waals surface area (Å²) in [7, 11) is 0. The smallest absolute Gasteiger partial charge is 0.279 e. The van der Waals surface area contributed by atoms with Crippen molar-refractivity contribution in [3.8, 4) is 0 Å². The van der Waals surface area contributed by atoms with E-state index in [1.807, 2.05) is 0 Å². The summed E-state index contributed by atoms with van der Waals surface area (Å²) >= 11 is 0. The lowest BCUT2D eigenvalue weighted by molar-refractivity contribution is -0.0306. The molecule has 5 heteroatoms. The first-order valence-electron chi connectivity index (χ1n) is 3.67. The minimum atomic E-state index is -3.35. The Morgan fingerprint density at radius 3 is 2.69 bits per heavy atom. The van der Waals surface area contributed by atoms with Gasteiger partial charge in [0, 0.05) is 19.2 Å². The van der Waals surface area contributed by atoms with E-state index in [9.17, 15) is 13.2 Å². The van der Waals surface area contributed by atoms with Crippen LogP contribution in [0.1, 0.15) is 12.0 Å². The summed E-state index contributed by atoms with van der Waals surface area (Å²) in [6.45, 7) is -0.693. The van der Waals surface area contributed by atoms with Crippen LogP contribution < -0.4 is 0 Å². The Bertz CT molecular complexity index is 290. The van der Waals surface area contributed by atoms with Crippen LogP contribution >= 0.6 is 0 Å². The van der Waals surface area contributed by atoms with Crippen molar-refractivity contribution in [1.82, 2.24) is 4.98 Å². The number of aliphatic hydroxyl groups excluding tert-OH is 1. The van der Waals surface area contributed by atoms with E-state index in [4.69, 9.17) is 5.11 Å². The molecule has 0 aliphatic heterocycles. The molecule has 0 saturated carbocycles. The Labute approximate surface area is 73.0 Å². The number of alkyl halides is 2. The molecular formula is C8H8F3NO. The molecule has 1 aromatic rings. The van der Waals surface area contributed by atoms with Crippen molar-refractivity contribution in [3.63, 3.8) is 0 Å². The topological polar surface area (TPSA) is 33.1 Å². The van der Waals surface area contributed by atoms with Gasteiger partial charge in [-0.2, -0.15) is 4.39 Å². The van der Waals surface area contributed by atoms with Crippen LogP contribution in [-0.2, 0) is 5.92 Å². The maximum Gasteiger partial charge on any atom is 0.279 e. The summed E-state index contributed by atoms with van der Waals surface area (Å²) in [6, 6.07) is 2.18. The third-order valence-electron chi connectivity index (χ3n) is 1.58. The van der Waals surface area contributed by atoms with Crippen LogP contribution in [0.25, 0.3) is 0 Å². The lowest BCUT2D eigenvalue weighted by Crippen LogP contribution is -2.17. The lowest BCUT2D eigenvalue weighted by atomic mass is 10.1. The minimum absolute atomic E-state index is 0.693. The third-order valence-corrected chi connectivity index (χ3v) is 1.58. The summed E-state index contributed by atoms with van der Waals surface area (Å²) in [5.74, 6) is -4.55. The Kier molecular flexibility index (Phi) is 2.87.